The van der Waals surface area contributed by atoms with Crippen LogP contribution in [0.4, 0.5) is 0 Å². The van der Waals surface area contributed by atoms with Crippen molar-refractivity contribution >= 4 is 83.1 Å². The summed E-state index contributed by atoms with van der Waals surface area (Å²) < 4.78 is 31.0. The Kier molecular flexibility index (Phi) is 9.58. The molecule has 0 spiro atoms. The van der Waals surface area contributed by atoms with Gasteiger partial charge in [0.25, 0.3) is 0 Å². The molecule has 3 aromatic carbocycles. The molecular formula is C42H38N16O8. The topological polar surface area (TPSA) is 286 Å². The van der Waals surface area contributed by atoms with Crippen LogP contribution in [-0.4, -0.2) is 133 Å². The molecule has 1 fully saturated rings. The van der Waals surface area contributed by atoms with E-state index in [2.05, 4.69) is 77.5 Å². The number of methoxy groups -OCH3 is 4. The lowest BCUT2D eigenvalue weighted by molar-refractivity contribution is 0.0342. The minimum Gasteiger partial charge on any atom is -0.493 e. The Morgan fingerprint density at radius 2 is 0.924 bits per heavy atom. The largest absolute Gasteiger partial charge is 0.493 e. The van der Waals surface area contributed by atoms with E-state index >= 15 is 0 Å². The normalized spacial score (nSPS) is 13.3. The lowest BCUT2D eigenvalue weighted by atomic mass is 10.2. The number of hydrogen-bond acceptors (Lipinski definition) is 15. The van der Waals surface area contributed by atoms with Crippen LogP contribution in [0.1, 0.15) is 5.56 Å². The van der Waals surface area contributed by atoms with E-state index in [9.17, 15) is 14.4 Å². The van der Waals surface area contributed by atoms with Crippen molar-refractivity contribution in [1.29, 1.82) is 0 Å². The summed E-state index contributed by atoms with van der Waals surface area (Å²) in [6.07, 6.45) is 4.70. The molecule has 0 aliphatic carbocycles. The van der Waals surface area contributed by atoms with Crippen LogP contribution in [0.15, 0.2) is 75.4 Å². The highest BCUT2D eigenvalue weighted by Gasteiger charge is 2.19. The molecule has 0 bridgehead atoms. The Hall–Kier alpha value is -8.77. The molecular weight excluding hydrogens is 857 g/mol. The molecule has 66 heavy (non-hydrogen) atoms. The van der Waals surface area contributed by atoms with Crippen LogP contribution in [0.3, 0.4) is 0 Å². The molecule has 1 saturated heterocycles. The van der Waals surface area contributed by atoms with E-state index in [-0.39, 0.29) is 17.1 Å². The number of morpholine rings is 1. The van der Waals surface area contributed by atoms with Crippen LogP contribution in [0.5, 0.6) is 23.0 Å². The number of rotatable bonds is 6. The van der Waals surface area contributed by atoms with Crippen LogP contribution in [0.2, 0.25) is 0 Å². The van der Waals surface area contributed by atoms with Gasteiger partial charge in [-0.05, 0) is 17.7 Å². The van der Waals surface area contributed by atoms with Crippen molar-refractivity contribution in [3.63, 3.8) is 0 Å². The van der Waals surface area contributed by atoms with Gasteiger partial charge < -0.3 is 38.6 Å². The molecule has 13 rings (SSSR count). The smallest absolute Gasteiger partial charge is 0.332 e. The summed E-state index contributed by atoms with van der Waals surface area (Å²) in [5.41, 5.74) is 10.2. The van der Waals surface area contributed by atoms with Crippen LogP contribution >= 0.6 is 0 Å². The van der Waals surface area contributed by atoms with Gasteiger partial charge in [0.05, 0.1) is 110 Å². The van der Waals surface area contributed by atoms with E-state index in [1.807, 2.05) is 6.07 Å². The average molecular weight is 895 g/mol. The van der Waals surface area contributed by atoms with Gasteiger partial charge in [-0.15, -0.1) is 0 Å². The second-order valence-corrected chi connectivity index (χ2v) is 15.2. The number of H-pyrrole nitrogens is 6. The number of ether oxygens (including phenoxy) is 5. The van der Waals surface area contributed by atoms with Crippen molar-refractivity contribution in [2.24, 2.45) is 0 Å². The number of imidazole rings is 3. The van der Waals surface area contributed by atoms with E-state index in [1.165, 1.54) is 14.4 Å². The minimum atomic E-state index is -0.284. The van der Waals surface area contributed by atoms with Gasteiger partial charge in [-0.25, -0.2) is 42.5 Å². The molecule has 0 atom stereocenters. The van der Waals surface area contributed by atoms with Gasteiger partial charge in [0.2, 0.25) is 0 Å². The molecule has 0 saturated carbocycles. The molecule has 1 aliphatic rings. The van der Waals surface area contributed by atoms with Gasteiger partial charge in [0.15, 0.2) is 39.9 Å². The molecule has 12 aromatic rings. The zero-order chi connectivity index (χ0) is 45.2. The van der Waals surface area contributed by atoms with Gasteiger partial charge in [-0.2, -0.15) is 15.3 Å². The number of nitrogens with zero attached hydrogens (tertiary/aromatic N) is 10. The Morgan fingerprint density at radius 3 is 1.35 bits per heavy atom. The maximum absolute atomic E-state index is 12.4. The van der Waals surface area contributed by atoms with Crippen molar-refractivity contribution in [1.82, 2.24) is 78.6 Å². The Bertz CT molecular complexity index is 3840. The molecule has 0 unspecified atom stereocenters. The molecule has 6 N–H and O–H groups in total. The molecule has 0 radical (unpaired) electrons. The number of aromatic nitrogens is 15. The Morgan fingerprint density at radius 1 is 0.530 bits per heavy atom. The molecule has 10 heterocycles. The first kappa shape index (κ1) is 40.0. The lowest BCUT2D eigenvalue weighted by Crippen LogP contribution is -2.35. The van der Waals surface area contributed by atoms with Crippen molar-refractivity contribution in [3.8, 4) is 23.0 Å². The van der Waals surface area contributed by atoms with Crippen molar-refractivity contribution in [2.75, 3.05) is 54.7 Å². The highest BCUT2D eigenvalue weighted by Crippen LogP contribution is 2.34. The molecule has 9 aromatic heterocycles. The Labute approximate surface area is 367 Å². The van der Waals surface area contributed by atoms with Crippen molar-refractivity contribution in [3.05, 3.63) is 98.1 Å². The quantitative estimate of drug-likeness (QED) is 0.140. The number of benzene rings is 3. The van der Waals surface area contributed by atoms with Gasteiger partial charge in [0.1, 0.15) is 16.6 Å². The number of nitrogens with one attached hydrogen (secondary N) is 6. The van der Waals surface area contributed by atoms with Crippen LogP contribution < -0.4 is 36.0 Å². The minimum absolute atomic E-state index is 0.206. The first-order chi connectivity index (χ1) is 32.2. The standard InChI is InChI=1S/C16H16N6O2.2C13H11N5O3/c23-16-19-12-8-17-20-14(12)15-18-11-7-10(1-2-13(11)22(15)16)9-21-3-5-24-6-4-21;2*1-20-9-3-6-8(4-10(9)21-2)18-12(15-6)11-7(5-14-17-11)16-13(18)19/h1-2,7-8H,3-6,9H2,(H,17,20)(H,19,23);2*3-5H,1-2H3,(H,14,17)(H,16,19). The van der Waals surface area contributed by atoms with Gasteiger partial charge >= 0.3 is 17.1 Å². The monoisotopic (exact) mass is 894 g/mol. The number of fused-ring (bicyclic) bond motifs is 15. The first-order valence-electron chi connectivity index (χ1n) is 20.4. The van der Waals surface area contributed by atoms with E-state index in [0.29, 0.717) is 89.6 Å². The average Bonchev–Trinajstić information content (AvgIpc) is 4.20. The number of hydrogen-bond donors (Lipinski definition) is 6. The molecule has 24 heteroatoms. The Balaban J connectivity index is 0.000000110. The first-order valence-corrected chi connectivity index (χ1v) is 20.4. The van der Waals surface area contributed by atoms with E-state index in [4.69, 9.17) is 23.7 Å². The van der Waals surface area contributed by atoms with E-state index in [1.54, 1.807) is 75.7 Å². The fourth-order valence-corrected chi connectivity index (χ4v) is 8.34. The summed E-state index contributed by atoms with van der Waals surface area (Å²) in [6, 6.07) is 13.0. The third-order valence-corrected chi connectivity index (χ3v) is 11.5. The summed E-state index contributed by atoms with van der Waals surface area (Å²) in [6.45, 7) is 4.31. The summed E-state index contributed by atoms with van der Waals surface area (Å²) in [4.78, 5) is 61.3. The second kappa shape index (κ2) is 15.8. The molecule has 334 valence electrons. The fraction of sp³-hybridized carbons (Fsp3) is 0.214. The zero-order valence-corrected chi connectivity index (χ0v) is 35.5. The van der Waals surface area contributed by atoms with Crippen LogP contribution in [-0.2, 0) is 11.3 Å². The van der Waals surface area contributed by atoms with Gasteiger partial charge in [-0.1, -0.05) is 6.07 Å². The highest BCUT2D eigenvalue weighted by atomic mass is 16.5. The van der Waals surface area contributed by atoms with Gasteiger partial charge in [-0.3, -0.25) is 20.2 Å². The van der Waals surface area contributed by atoms with Crippen LogP contribution in [0, 0.1) is 0 Å². The zero-order valence-electron chi connectivity index (χ0n) is 35.5. The maximum Gasteiger partial charge on any atom is 0.332 e. The molecule has 24 nitrogen and oxygen atoms in total. The summed E-state index contributed by atoms with van der Waals surface area (Å²) >= 11 is 0. The highest BCUT2D eigenvalue weighted by molar-refractivity contribution is 5.96. The summed E-state index contributed by atoms with van der Waals surface area (Å²) in [5, 5.41) is 20.4. The lowest BCUT2D eigenvalue weighted by Gasteiger charge is -2.26. The SMILES string of the molecule is COc1cc2nc3c4[nH]ncc4[nH]c(=O)n3c2cc1OC.COc1cc2nc3c4[nH]ncc4[nH]c(=O)n3c2cc1OC.O=c1[nH]c2cn[nH]c2c2nc3cc(CN4CCOCC4)ccc3n12. The predicted molar refractivity (Wildman–Crippen MR) is 241 cm³/mol. The summed E-state index contributed by atoms with van der Waals surface area (Å²) in [5.74, 6) is 2.20. The molecule has 1 aliphatic heterocycles. The summed E-state index contributed by atoms with van der Waals surface area (Å²) in [7, 11) is 6.20. The van der Waals surface area contributed by atoms with Crippen molar-refractivity contribution < 1.29 is 23.7 Å². The van der Waals surface area contributed by atoms with E-state index < -0.39 is 0 Å². The van der Waals surface area contributed by atoms with Crippen LogP contribution in [0.25, 0.3) is 83.1 Å². The molecule has 0 amide bonds. The van der Waals surface area contributed by atoms with E-state index in [0.717, 1.165) is 49.4 Å². The maximum atomic E-state index is 12.4. The second-order valence-electron chi connectivity index (χ2n) is 15.2. The number of aromatic amines is 6. The fourth-order valence-electron chi connectivity index (χ4n) is 8.34. The third kappa shape index (κ3) is 6.49. The van der Waals surface area contributed by atoms with Crippen molar-refractivity contribution in [2.45, 2.75) is 6.54 Å². The predicted octanol–water partition coefficient (Wildman–Crippen LogP) is 3.02. The third-order valence-electron chi connectivity index (χ3n) is 11.5. The van der Waals surface area contributed by atoms with Gasteiger partial charge in [0, 0.05) is 43.9 Å².